The first-order chi connectivity index (χ1) is 11.9. The van der Waals surface area contributed by atoms with Crippen LogP contribution in [0.5, 0.6) is 0 Å². The van der Waals surface area contributed by atoms with Gasteiger partial charge in [0.15, 0.2) is 5.82 Å². The van der Waals surface area contributed by atoms with Crippen LogP contribution in [0.4, 0.5) is 4.39 Å². The lowest BCUT2D eigenvalue weighted by Crippen LogP contribution is -2.39. The Bertz CT molecular complexity index is 740. The minimum atomic E-state index is -0.417. The molecular weight excluding hydrogens is 325 g/mol. The van der Waals surface area contributed by atoms with Crippen LogP contribution in [-0.4, -0.2) is 43.9 Å². The summed E-state index contributed by atoms with van der Waals surface area (Å²) in [5, 5.41) is 23.5. The van der Waals surface area contributed by atoms with E-state index in [1.54, 1.807) is 25.1 Å². The third-order valence-electron chi connectivity index (χ3n) is 3.57. The number of aliphatic hydroxyl groups is 1. The lowest BCUT2D eigenvalue weighted by atomic mass is 10.0. The van der Waals surface area contributed by atoms with Crippen LogP contribution in [0.15, 0.2) is 24.3 Å². The molecule has 0 saturated carbocycles. The summed E-state index contributed by atoms with van der Waals surface area (Å²) < 4.78 is 14.4. The van der Waals surface area contributed by atoms with E-state index in [9.17, 15) is 14.3 Å². The second-order valence-electron chi connectivity index (χ2n) is 6.20. The molecule has 1 atom stereocenters. The summed E-state index contributed by atoms with van der Waals surface area (Å²) in [6.45, 7) is 5.52. The van der Waals surface area contributed by atoms with Crippen LogP contribution < -0.4 is 5.32 Å². The number of halogens is 1. The van der Waals surface area contributed by atoms with Crippen molar-refractivity contribution in [1.29, 1.82) is 0 Å². The third kappa shape index (κ3) is 5.18. The molecule has 0 radical (unpaired) electrons. The molecule has 0 fully saturated rings. The predicted octanol–water partition coefficient (Wildman–Crippen LogP) is 1.64. The zero-order valence-electron chi connectivity index (χ0n) is 14.5. The first kappa shape index (κ1) is 18.7. The Hall–Kier alpha value is -2.61. The molecule has 0 aliphatic heterocycles. The number of rotatable bonds is 7. The van der Waals surface area contributed by atoms with Gasteiger partial charge in [-0.1, -0.05) is 26.0 Å². The van der Waals surface area contributed by atoms with E-state index in [0.29, 0.717) is 23.7 Å². The van der Waals surface area contributed by atoms with E-state index in [-0.39, 0.29) is 24.2 Å². The lowest BCUT2D eigenvalue weighted by Gasteiger charge is -2.19. The van der Waals surface area contributed by atoms with Gasteiger partial charge in [0.05, 0.1) is 12.6 Å². The lowest BCUT2D eigenvalue weighted by molar-refractivity contribution is -0.117. The largest absolute Gasteiger partial charge is 0.394 e. The highest BCUT2D eigenvalue weighted by Gasteiger charge is 2.20. The number of tetrazole rings is 1. The zero-order valence-corrected chi connectivity index (χ0v) is 14.5. The number of amides is 1. The van der Waals surface area contributed by atoms with E-state index in [2.05, 4.69) is 20.8 Å². The molecule has 25 heavy (non-hydrogen) atoms. The van der Waals surface area contributed by atoms with E-state index in [4.69, 9.17) is 0 Å². The molecule has 2 aromatic rings. The fourth-order valence-corrected chi connectivity index (χ4v) is 2.40. The Morgan fingerprint density at radius 2 is 2.04 bits per heavy atom. The summed E-state index contributed by atoms with van der Waals surface area (Å²) in [4.78, 5) is 12.7. The van der Waals surface area contributed by atoms with Gasteiger partial charge in [-0.05, 0) is 53.5 Å². The Labute approximate surface area is 145 Å². The van der Waals surface area contributed by atoms with Gasteiger partial charge in [-0.3, -0.25) is 4.79 Å². The average molecular weight is 347 g/mol. The standard InChI is InChI=1S/C17H22FN5O2/c1-11(2)8-15(10-24)19-17(25)16(23-12(3)20-21-22-23)9-13-4-6-14(18)7-5-13/h4-7,9,11,15,24H,8,10H2,1-3H3,(H,19,25)/b16-9-. The van der Waals surface area contributed by atoms with Crippen LogP contribution in [0.3, 0.4) is 0 Å². The Balaban J connectivity index is 2.33. The number of aromatic nitrogens is 4. The summed E-state index contributed by atoms with van der Waals surface area (Å²) in [6, 6.07) is 5.35. The summed E-state index contributed by atoms with van der Waals surface area (Å²) >= 11 is 0. The number of nitrogens with one attached hydrogen (secondary N) is 1. The molecule has 7 nitrogen and oxygen atoms in total. The maximum Gasteiger partial charge on any atom is 0.270 e. The van der Waals surface area contributed by atoms with Gasteiger partial charge in [-0.15, -0.1) is 5.10 Å². The number of hydrogen-bond acceptors (Lipinski definition) is 5. The van der Waals surface area contributed by atoms with Gasteiger partial charge in [-0.2, -0.15) is 4.68 Å². The van der Waals surface area contributed by atoms with Gasteiger partial charge in [0.2, 0.25) is 0 Å². The third-order valence-corrected chi connectivity index (χ3v) is 3.57. The molecule has 1 heterocycles. The molecule has 2 rings (SSSR count). The maximum absolute atomic E-state index is 13.1. The normalized spacial score (nSPS) is 13.1. The highest BCUT2D eigenvalue weighted by molar-refractivity contribution is 6.18. The number of carbonyl (C=O) groups is 1. The minimum Gasteiger partial charge on any atom is -0.394 e. The number of nitrogens with zero attached hydrogens (tertiary/aromatic N) is 4. The second kappa shape index (κ2) is 8.48. The average Bonchev–Trinajstić information content (AvgIpc) is 2.98. The molecule has 0 saturated heterocycles. The molecule has 0 bridgehead atoms. The van der Waals surface area contributed by atoms with Crippen molar-refractivity contribution in [3.8, 4) is 0 Å². The van der Waals surface area contributed by atoms with Crippen LogP contribution in [0, 0.1) is 18.7 Å². The van der Waals surface area contributed by atoms with Crippen LogP contribution >= 0.6 is 0 Å². The molecule has 1 unspecified atom stereocenters. The van der Waals surface area contributed by atoms with E-state index >= 15 is 0 Å². The number of carbonyl (C=O) groups excluding carboxylic acids is 1. The molecule has 2 N–H and O–H groups in total. The van der Waals surface area contributed by atoms with Crippen LogP contribution in [-0.2, 0) is 4.79 Å². The summed E-state index contributed by atoms with van der Waals surface area (Å²) in [6.07, 6.45) is 2.21. The van der Waals surface area contributed by atoms with Crippen molar-refractivity contribution >= 4 is 17.7 Å². The maximum atomic E-state index is 13.1. The Kier molecular flexibility index (Phi) is 6.35. The van der Waals surface area contributed by atoms with Crippen molar-refractivity contribution in [2.45, 2.75) is 33.2 Å². The quantitative estimate of drug-likeness (QED) is 0.743. The van der Waals surface area contributed by atoms with Crippen LogP contribution in [0.2, 0.25) is 0 Å². The highest BCUT2D eigenvalue weighted by atomic mass is 19.1. The Morgan fingerprint density at radius 1 is 1.36 bits per heavy atom. The topological polar surface area (TPSA) is 92.9 Å². The van der Waals surface area contributed by atoms with Crippen molar-refractivity contribution in [2.24, 2.45) is 5.92 Å². The molecule has 8 heteroatoms. The summed E-state index contributed by atoms with van der Waals surface area (Å²) in [5.74, 6) is -0.0249. The van der Waals surface area contributed by atoms with E-state index in [1.807, 2.05) is 13.8 Å². The second-order valence-corrected chi connectivity index (χ2v) is 6.20. The number of hydrogen-bond donors (Lipinski definition) is 2. The minimum absolute atomic E-state index is 0.164. The predicted molar refractivity (Wildman–Crippen MR) is 91.6 cm³/mol. The molecule has 1 aromatic carbocycles. The fraction of sp³-hybridized carbons (Fsp3) is 0.412. The highest BCUT2D eigenvalue weighted by Crippen LogP contribution is 2.14. The van der Waals surface area contributed by atoms with E-state index in [0.717, 1.165) is 0 Å². The zero-order chi connectivity index (χ0) is 18.4. The van der Waals surface area contributed by atoms with Crippen molar-refractivity contribution in [3.05, 3.63) is 41.5 Å². The van der Waals surface area contributed by atoms with Gasteiger partial charge in [0.1, 0.15) is 11.5 Å². The van der Waals surface area contributed by atoms with Gasteiger partial charge in [0, 0.05) is 0 Å². The van der Waals surface area contributed by atoms with Crippen molar-refractivity contribution in [1.82, 2.24) is 25.5 Å². The number of aryl methyl sites for hydroxylation is 1. The number of aliphatic hydroxyl groups excluding tert-OH is 1. The fourth-order valence-electron chi connectivity index (χ4n) is 2.40. The molecule has 0 spiro atoms. The van der Waals surface area contributed by atoms with Gasteiger partial charge in [-0.25, -0.2) is 4.39 Å². The summed E-state index contributed by atoms with van der Waals surface area (Å²) in [7, 11) is 0. The first-order valence-corrected chi connectivity index (χ1v) is 8.05. The van der Waals surface area contributed by atoms with Gasteiger partial charge < -0.3 is 10.4 Å². The summed E-state index contributed by atoms with van der Waals surface area (Å²) in [5.41, 5.74) is 0.821. The molecule has 1 amide bonds. The SMILES string of the molecule is Cc1nnnn1/C(=C\c1ccc(F)cc1)C(=O)NC(CO)CC(C)C. The first-order valence-electron chi connectivity index (χ1n) is 8.05. The van der Waals surface area contributed by atoms with Crippen molar-refractivity contribution in [3.63, 3.8) is 0 Å². The molecular formula is C17H22FN5O2. The van der Waals surface area contributed by atoms with Gasteiger partial charge in [0.25, 0.3) is 5.91 Å². The smallest absolute Gasteiger partial charge is 0.270 e. The molecule has 134 valence electrons. The molecule has 1 aromatic heterocycles. The van der Waals surface area contributed by atoms with Crippen LogP contribution in [0.25, 0.3) is 11.8 Å². The molecule has 0 aliphatic rings. The van der Waals surface area contributed by atoms with Crippen molar-refractivity contribution < 1.29 is 14.3 Å². The van der Waals surface area contributed by atoms with E-state index in [1.165, 1.54) is 16.8 Å². The van der Waals surface area contributed by atoms with Crippen LogP contribution in [0.1, 0.15) is 31.7 Å². The van der Waals surface area contributed by atoms with Gasteiger partial charge >= 0.3 is 0 Å². The van der Waals surface area contributed by atoms with E-state index < -0.39 is 5.91 Å². The number of benzene rings is 1. The monoisotopic (exact) mass is 347 g/mol. The Morgan fingerprint density at radius 3 is 2.56 bits per heavy atom. The molecule has 0 aliphatic carbocycles. The van der Waals surface area contributed by atoms with Crippen molar-refractivity contribution in [2.75, 3.05) is 6.61 Å².